The maximum atomic E-state index is 4.45. The van der Waals surface area contributed by atoms with E-state index in [2.05, 4.69) is 38.9 Å². The topological polar surface area (TPSA) is 12.4 Å². The third-order valence-electron chi connectivity index (χ3n) is 2.65. The average molecular weight is 183 g/mol. The highest BCUT2D eigenvalue weighted by Crippen LogP contribution is 2.18. The second-order valence-electron chi connectivity index (χ2n) is 3.89. The molecule has 1 nitrogen and oxygen atoms in total. The summed E-state index contributed by atoms with van der Waals surface area (Å²) < 4.78 is 0. The lowest BCUT2D eigenvalue weighted by molar-refractivity contribution is 0.419. The highest BCUT2D eigenvalue weighted by molar-refractivity contribution is 5.61. The fourth-order valence-corrected chi connectivity index (χ4v) is 1.48. The second kappa shape index (κ2) is 8.28. The van der Waals surface area contributed by atoms with E-state index in [9.17, 15) is 0 Å². The number of hydrogen-bond donors (Lipinski definition) is 0. The summed E-state index contributed by atoms with van der Waals surface area (Å²) in [6.07, 6.45) is 7.19. The molecule has 0 aliphatic carbocycles. The zero-order valence-corrected chi connectivity index (χ0v) is 9.71. The van der Waals surface area contributed by atoms with Crippen molar-refractivity contribution in [3.05, 3.63) is 0 Å². The van der Waals surface area contributed by atoms with Gasteiger partial charge in [-0.05, 0) is 24.7 Å². The van der Waals surface area contributed by atoms with E-state index in [0.717, 1.165) is 18.9 Å². The van der Waals surface area contributed by atoms with Gasteiger partial charge in [0.2, 0.25) is 0 Å². The third kappa shape index (κ3) is 5.84. The van der Waals surface area contributed by atoms with E-state index >= 15 is 0 Å². The molecule has 1 heteroatoms. The highest BCUT2D eigenvalue weighted by Gasteiger charge is 2.11. The van der Waals surface area contributed by atoms with Gasteiger partial charge in [-0.3, -0.25) is 4.99 Å². The van der Waals surface area contributed by atoms with Gasteiger partial charge in [0, 0.05) is 12.8 Å². The van der Waals surface area contributed by atoms with Crippen molar-refractivity contribution in [2.75, 3.05) is 6.54 Å². The van der Waals surface area contributed by atoms with E-state index in [1.165, 1.54) is 19.3 Å². The van der Waals surface area contributed by atoms with Crippen LogP contribution in [0.15, 0.2) is 4.99 Å². The van der Waals surface area contributed by atoms with Crippen LogP contribution in [0, 0.1) is 11.8 Å². The summed E-state index contributed by atoms with van der Waals surface area (Å²) in [6, 6.07) is 0. The molecule has 78 valence electrons. The van der Waals surface area contributed by atoms with Crippen LogP contribution in [0.5, 0.6) is 0 Å². The fourth-order valence-electron chi connectivity index (χ4n) is 1.48. The predicted molar refractivity (Wildman–Crippen MR) is 61.5 cm³/mol. The standard InChI is InChI=1S/C12H25N/c1-5-8-12(11(4)7-3)10-13-9-6-2/h10-12H,5-9H2,1-4H3/b13-10-. The van der Waals surface area contributed by atoms with Crippen LogP contribution < -0.4 is 0 Å². The first-order valence-corrected chi connectivity index (χ1v) is 5.76. The maximum Gasteiger partial charge on any atom is 0.0382 e. The van der Waals surface area contributed by atoms with Gasteiger partial charge in [0.1, 0.15) is 0 Å². The van der Waals surface area contributed by atoms with E-state index in [-0.39, 0.29) is 0 Å². The molecule has 2 atom stereocenters. The molecular weight excluding hydrogens is 158 g/mol. The van der Waals surface area contributed by atoms with Gasteiger partial charge in [-0.2, -0.15) is 0 Å². The lowest BCUT2D eigenvalue weighted by Gasteiger charge is -2.17. The minimum atomic E-state index is 0.710. The molecule has 0 saturated carbocycles. The summed E-state index contributed by atoms with van der Waals surface area (Å²) in [6.45, 7) is 10.0. The van der Waals surface area contributed by atoms with Gasteiger partial charge in [-0.1, -0.05) is 40.5 Å². The summed E-state index contributed by atoms with van der Waals surface area (Å²) in [4.78, 5) is 4.45. The lowest BCUT2D eigenvalue weighted by atomic mass is 9.89. The van der Waals surface area contributed by atoms with E-state index in [1.807, 2.05) is 0 Å². The monoisotopic (exact) mass is 183 g/mol. The number of rotatable bonds is 7. The van der Waals surface area contributed by atoms with Crippen molar-refractivity contribution in [1.29, 1.82) is 0 Å². The Labute approximate surface area is 83.6 Å². The lowest BCUT2D eigenvalue weighted by Crippen LogP contribution is -2.12. The molecule has 2 unspecified atom stereocenters. The number of nitrogens with zero attached hydrogens (tertiary/aromatic N) is 1. The Bertz CT molecular complexity index is 129. The first-order chi connectivity index (χ1) is 6.26. The quantitative estimate of drug-likeness (QED) is 0.530. The van der Waals surface area contributed by atoms with Gasteiger partial charge >= 0.3 is 0 Å². The summed E-state index contributed by atoms with van der Waals surface area (Å²) in [5.74, 6) is 1.50. The Hall–Kier alpha value is -0.330. The summed E-state index contributed by atoms with van der Waals surface area (Å²) in [5, 5.41) is 0. The number of aliphatic imine (C=N–C) groups is 1. The SMILES string of the molecule is CCC/N=C\C(CCC)C(C)CC. The molecule has 0 radical (unpaired) electrons. The van der Waals surface area contributed by atoms with Crippen LogP contribution in [0.2, 0.25) is 0 Å². The molecule has 0 bridgehead atoms. The maximum absolute atomic E-state index is 4.45. The smallest absolute Gasteiger partial charge is 0.0382 e. The van der Waals surface area contributed by atoms with Gasteiger partial charge in [0.15, 0.2) is 0 Å². The molecule has 13 heavy (non-hydrogen) atoms. The van der Waals surface area contributed by atoms with Crippen molar-refractivity contribution in [2.24, 2.45) is 16.8 Å². The second-order valence-corrected chi connectivity index (χ2v) is 3.89. The average Bonchev–Trinajstić information content (AvgIpc) is 2.16. The predicted octanol–water partition coefficient (Wildman–Crippen LogP) is 3.93. The number of hydrogen-bond acceptors (Lipinski definition) is 1. The van der Waals surface area contributed by atoms with Gasteiger partial charge in [0.05, 0.1) is 0 Å². The molecule has 0 rings (SSSR count). The zero-order valence-electron chi connectivity index (χ0n) is 9.71. The molecule has 0 amide bonds. The molecule has 0 spiro atoms. The van der Waals surface area contributed by atoms with Crippen molar-refractivity contribution in [1.82, 2.24) is 0 Å². The van der Waals surface area contributed by atoms with E-state index in [0.29, 0.717) is 5.92 Å². The van der Waals surface area contributed by atoms with Gasteiger partial charge in [-0.15, -0.1) is 0 Å². The van der Waals surface area contributed by atoms with Crippen molar-refractivity contribution in [3.8, 4) is 0 Å². The van der Waals surface area contributed by atoms with Crippen LogP contribution in [0.1, 0.15) is 53.4 Å². The molecule has 0 aliphatic rings. The summed E-state index contributed by atoms with van der Waals surface area (Å²) in [7, 11) is 0. The van der Waals surface area contributed by atoms with Gasteiger partial charge < -0.3 is 0 Å². The minimum absolute atomic E-state index is 0.710. The Morgan fingerprint density at radius 2 is 1.85 bits per heavy atom. The molecular formula is C12H25N. The Morgan fingerprint density at radius 1 is 1.15 bits per heavy atom. The first-order valence-electron chi connectivity index (χ1n) is 5.76. The molecule has 0 N–H and O–H groups in total. The van der Waals surface area contributed by atoms with Crippen LogP contribution in [-0.4, -0.2) is 12.8 Å². The van der Waals surface area contributed by atoms with E-state index in [1.54, 1.807) is 0 Å². The van der Waals surface area contributed by atoms with Crippen LogP contribution in [-0.2, 0) is 0 Å². The minimum Gasteiger partial charge on any atom is -0.297 e. The molecule has 0 fully saturated rings. The molecule has 0 heterocycles. The van der Waals surface area contributed by atoms with Crippen molar-refractivity contribution < 1.29 is 0 Å². The fraction of sp³-hybridized carbons (Fsp3) is 0.917. The van der Waals surface area contributed by atoms with Gasteiger partial charge in [0.25, 0.3) is 0 Å². The van der Waals surface area contributed by atoms with Crippen molar-refractivity contribution in [2.45, 2.75) is 53.4 Å². The highest BCUT2D eigenvalue weighted by atomic mass is 14.7. The van der Waals surface area contributed by atoms with Crippen molar-refractivity contribution >= 4 is 6.21 Å². The van der Waals surface area contributed by atoms with Crippen LogP contribution >= 0.6 is 0 Å². The molecule has 0 aromatic rings. The molecule has 0 aliphatic heterocycles. The third-order valence-corrected chi connectivity index (χ3v) is 2.65. The molecule has 0 aromatic heterocycles. The Balaban J connectivity index is 3.92. The van der Waals surface area contributed by atoms with Crippen LogP contribution in [0.3, 0.4) is 0 Å². The first kappa shape index (κ1) is 12.7. The van der Waals surface area contributed by atoms with E-state index in [4.69, 9.17) is 0 Å². The van der Waals surface area contributed by atoms with E-state index < -0.39 is 0 Å². The zero-order chi connectivity index (χ0) is 10.1. The summed E-state index contributed by atoms with van der Waals surface area (Å²) in [5.41, 5.74) is 0. The molecule has 0 saturated heterocycles. The largest absolute Gasteiger partial charge is 0.297 e. The van der Waals surface area contributed by atoms with Crippen LogP contribution in [0.25, 0.3) is 0 Å². The Kier molecular flexibility index (Phi) is 8.07. The van der Waals surface area contributed by atoms with Crippen molar-refractivity contribution in [3.63, 3.8) is 0 Å². The van der Waals surface area contributed by atoms with Crippen LogP contribution in [0.4, 0.5) is 0 Å². The normalized spacial score (nSPS) is 16.3. The summed E-state index contributed by atoms with van der Waals surface area (Å²) >= 11 is 0. The van der Waals surface area contributed by atoms with Gasteiger partial charge in [-0.25, -0.2) is 0 Å². The Morgan fingerprint density at radius 3 is 2.31 bits per heavy atom. The molecule has 0 aromatic carbocycles.